The summed E-state index contributed by atoms with van der Waals surface area (Å²) in [6, 6.07) is 7.46. The largest absolute Gasteiger partial charge is 0.573 e. The summed E-state index contributed by atoms with van der Waals surface area (Å²) in [5.74, 6) is 0.204. The third-order valence-electron chi connectivity index (χ3n) is 5.78. The fraction of sp³-hybridized carbons (Fsp3) is 0.391. The number of thiazole rings is 1. The van der Waals surface area contributed by atoms with Gasteiger partial charge in [0, 0.05) is 35.3 Å². The number of hydrogen-bond acceptors (Lipinski definition) is 4. The van der Waals surface area contributed by atoms with Gasteiger partial charge in [-0.05, 0) is 56.7 Å². The molecule has 4 rings (SSSR count). The Kier molecular flexibility index (Phi) is 6.55. The van der Waals surface area contributed by atoms with Crippen LogP contribution in [-0.2, 0) is 0 Å². The summed E-state index contributed by atoms with van der Waals surface area (Å²) in [6.45, 7) is 2.29. The van der Waals surface area contributed by atoms with Gasteiger partial charge < -0.3 is 15.0 Å². The number of H-pyrrole nitrogens is 1. The van der Waals surface area contributed by atoms with E-state index in [1.165, 1.54) is 23.2 Å². The maximum Gasteiger partial charge on any atom is 0.573 e. The minimum atomic E-state index is -4.82. The lowest BCUT2D eigenvalue weighted by atomic mass is 9.82. The van der Waals surface area contributed by atoms with Crippen molar-refractivity contribution >= 4 is 17.2 Å². The SMILES string of the molecule is Cc1cc(C(=O)NCC2CCC(c3nccs3)CC2)c(-c2ccccc2OC(F)(F)F)[nH]1. The molecule has 1 fully saturated rings. The molecular weight excluding hydrogens is 439 g/mol. The normalized spacial score (nSPS) is 19.0. The monoisotopic (exact) mass is 463 g/mol. The lowest BCUT2D eigenvalue weighted by Gasteiger charge is -2.27. The number of benzene rings is 1. The smallest absolute Gasteiger partial charge is 0.405 e. The zero-order valence-electron chi connectivity index (χ0n) is 17.5. The predicted molar refractivity (Wildman–Crippen MR) is 117 cm³/mol. The van der Waals surface area contributed by atoms with Crippen LogP contribution < -0.4 is 10.1 Å². The Morgan fingerprint density at radius 3 is 2.69 bits per heavy atom. The summed E-state index contributed by atoms with van der Waals surface area (Å²) < 4.78 is 42.7. The molecule has 2 heterocycles. The van der Waals surface area contributed by atoms with Crippen LogP contribution in [0, 0.1) is 12.8 Å². The van der Waals surface area contributed by atoms with Gasteiger partial charge >= 0.3 is 6.36 Å². The second-order valence-corrected chi connectivity index (χ2v) is 9.01. The van der Waals surface area contributed by atoms with E-state index in [2.05, 4.69) is 20.0 Å². The first-order chi connectivity index (χ1) is 15.3. The van der Waals surface area contributed by atoms with Crippen molar-refractivity contribution in [2.75, 3.05) is 6.54 Å². The highest BCUT2D eigenvalue weighted by Gasteiger charge is 2.33. The Morgan fingerprint density at radius 2 is 2.00 bits per heavy atom. The maximum absolute atomic E-state index is 12.9. The summed E-state index contributed by atoms with van der Waals surface area (Å²) in [5, 5.41) is 6.15. The molecule has 0 unspecified atom stereocenters. The van der Waals surface area contributed by atoms with Crippen molar-refractivity contribution in [1.29, 1.82) is 0 Å². The van der Waals surface area contributed by atoms with E-state index in [0.29, 0.717) is 35.3 Å². The summed E-state index contributed by atoms with van der Waals surface area (Å²) >= 11 is 1.69. The van der Waals surface area contributed by atoms with E-state index in [1.807, 2.05) is 11.6 Å². The summed E-state index contributed by atoms with van der Waals surface area (Å²) in [4.78, 5) is 20.4. The standard InChI is InChI=1S/C23H24F3N3O2S/c1-14-12-18(20(29-14)17-4-2-3-5-19(17)31-23(24,25)26)21(30)28-13-15-6-8-16(9-7-15)22-27-10-11-32-22/h2-5,10-12,15-16,29H,6-9,13H2,1H3,(H,28,30). The number of ether oxygens (including phenoxy) is 1. The van der Waals surface area contributed by atoms with Crippen LogP contribution in [0.15, 0.2) is 41.9 Å². The molecule has 1 aromatic carbocycles. The third kappa shape index (κ3) is 5.32. The highest BCUT2D eigenvalue weighted by atomic mass is 32.1. The highest BCUT2D eigenvalue weighted by Crippen LogP contribution is 2.37. The van der Waals surface area contributed by atoms with Crippen LogP contribution in [0.2, 0.25) is 0 Å². The molecule has 1 saturated carbocycles. The minimum Gasteiger partial charge on any atom is -0.405 e. The molecule has 0 aliphatic heterocycles. The first-order valence-electron chi connectivity index (χ1n) is 10.5. The van der Waals surface area contributed by atoms with E-state index in [0.717, 1.165) is 25.7 Å². The average molecular weight is 464 g/mol. The fourth-order valence-electron chi connectivity index (χ4n) is 4.25. The van der Waals surface area contributed by atoms with Gasteiger partial charge in [-0.2, -0.15) is 0 Å². The molecule has 1 amide bonds. The molecule has 9 heteroatoms. The van der Waals surface area contributed by atoms with E-state index in [1.54, 1.807) is 30.4 Å². The van der Waals surface area contributed by atoms with Crippen LogP contribution in [0.3, 0.4) is 0 Å². The van der Waals surface area contributed by atoms with E-state index in [4.69, 9.17) is 0 Å². The van der Waals surface area contributed by atoms with E-state index in [-0.39, 0.29) is 17.2 Å². The van der Waals surface area contributed by atoms with Crippen molar-refractivity contribution in [2.45, 2.75) is 44.9 Å². The Bertz CT molecular complexity index is 1050. The van der Waals surface area contributed by atoms with Crippen LogP contribution in [0.1, 0.15) is 52.7 Å². The van der Waals surface area contributed by atoms with Gasteiger partial charge in [-0.25, -0.2) is 4.98 Å². The van der Waals surface area contributed by atoms with Crippen LogP contribution in [0.4, 0.5) is 13.2 Å². The second kappa shape index (κ2) is 9.36. The van der Waals surface area contributed by atoms with Crippen molar-refractivity contribution in [3.8, 4) is 17.0 Å². The summed E-state index contributed by atoms with van der Waals surface area (Å²) in [5.41, 5.74) is 1.48. The number of para-hydroxylation sites is 1. The van der Waals surface area contributed by atoms with E-state index < -0.39 is 6.36 Å². The first kappa shape index (κ1) is 22.4. The van der Waals surface area contributed by atoms with E-state index in [9.17, 15) is 18.0 Å². The Hall–Kier alpha value is -2.81. The van der Waals surface area contributed by atoms with Gasteiger partial charge in [0.05, 0.1) is 16.3 Å². The highest BCUT2D eigenvalue weighted by molar-refractivity contribution is 7.09. The first-order valence-corrected chi connectivity index (χ1v) is 11.4. The van der Waals surface area contributed by atoms with Crippen LogP contribution >= 0.6 is 11.3 Å². The molecule has 0 radical (unpaired) electrons. The topological polar surface area (TPSA) is 67.0 Å². The zero-order chi connectivity index (χ0) is 22.7. The molecule has 0 saturated heterocycles. The predicted octanol–water partition coefficient (Wildman–Crippen LogP) is 6.05. The van der Waals surface area contributed by atoms with Gasteiger partial charge in [0.1, 0.15) is 5.75 Å². The molecule has 170 valence electrons. The number of nitrogens with zero attached hydrogens (tertiary/aromatic N) is 1. The number of rotatable bonds is 6. The number of aromatic amines is 1. The zero-order valence-corrected chi connectivity index (χ0v) is 18.4. The molecule has 2 N–H and O–H groups in total. The van der Waals surface area contributed by atoms with Crippen LogP contribution in [0.25, 0.3) is 11.3 Å². The van der Waals surface area contributed by atoms with Gasteiger partial charge in [-0.1, -0.05) is 12.1 Å². The molecule has 0 spiro atoms. The maximum atomic E-state index is 12.9. The van der Waals surface area contributed by atoms with Crippen LogP contribution in [0.5, 0.6) is 5.75 Å². The number of amides is 1. The van der Waals surface area contributed by atoms with Crippen molar-refractivity contribution in [3.05, 3.63) is 58.2 Å². The van der Waals surface area contributed by atoms with Gasteiger partial charge in [0.15, 0.2) is 0 Å². The molecule has 1 aliphatic rings. The Labute approximate surface area is 188 Å². The number of carbonyl (C=O) groups excluding carboxylic acids is 1. The molecule has 2 aromatic heterocycles. The molecule has 3 aromatic rings. The molecule has 32 heavy (non-hydrogen) atoms. The van der Waals surface area contributed by atoms with Gasteiger partial charge in [0.2, 0.25) is 0 Å². The van der Waals surface area contributed by atoms with Crippen molar-refractivity contribution in [1.82, 2.24) is 15.3 Å². The Morgan fingerprint density at radius 1 is 1.25 bits per heavy atom. The lowest BCUT2D eigenvalue weighted by Crippen LogP contribution is -2.31. The number of aromatic nitrogens is 2. The number of halogens is 3. The van der Waals surface area contributed by atoms with Crippen LogP contribution in [-0.4, -0.2) is 28.8 Å². The summed E-state index contributed by atoms with van der Waals surface area (Å²) in [6.07, 6.45) is 1.12. The summed E-state index contributed by atoms with van der Waals surface area (Å²) in [7, 11) is 0. The lowest BCUT2D eigenvalue weighted by molar-refractivity contribution is -0.274. The number of carbonyl (C=O) groups is 1. The van der Waals surface area contributed by atoms with Crippen molar-refractivity contribution in [3.63, 3.8) is 0 Å². The van der Waals surface area contributed by atoms with Gasteiger partial charge in [0.25, 0.3) is 5.91 Å². The fourth-order valence-corrected chi connectivity index (χ4v) is 5.06. The third-order valence-corrected chi connectivity index (χ3v) is 6.72. The molecule has 1 aliphatic carbocycles. The molecule has 0 atom stereocenters. The minimum absolute atomic E-state index is 0.187. The number of alkyl halides is 3. The van der Waals surface area contributed by atoms with E-state index >= 15 is 0 Å². The van der Waals surface area contributed by atoms with Crippen molar-refractivity contribution in [2.24, 2.45) is 5.92 Å². The molecule has 0 bridgehead atoms. The van der Waals surface area contributed by atoms with Gasteiger partial charge in [-0.15, -0.1) is 24.5 Å². The number of nitrogens with one attached hydrogen (secondary N) is 2. The quantitative estimate of drug-likeness (QED) is 0.468. The number of aryl methyl sites for hydroxylation is 1. The molecule has 5 nitrogen and oxygen atoms in total. The average Bonchev–Trinajstić information content (AvgIpc) is 3.42. The second-order valence-electron chi connectivity index (χ2n) is 8.08. The van der Waals surface area contributed by atoms with Gasteiger partial charge in [-0.3, -0.25) is 4.79 Å². The van der Waals surface area contributed by atoms with Crippen molar-refractivity contribution < 1.29 is 22.7 Å². The number of hydrogen-bond donors (Lipinski definition) is 2. The molecular formula is C23H24F3N3O2S. The Balaban J connectivity index is 1.43.